The monoisotopic (exact) mass is 202 g/mol. The van der Waals surface area contributed by atoms with Gasteiger partial charge >= 0.3 is 0 Å². The van der Waals surface area contributed by atoms with E-state index in [0.29, 0.717) is 0 Å². The van der Waals surface area contributed by atoms with Gasteiger partial charge in [-0.2, -0.15) is 0 Å². The molecule has 1 aromatic carbocycles. The topological polar surface area (TPSA) is 29.5 Å². The lowest BCUT2D eigenvalue weighted by Gasteiger charge is -2.29. The Balaban J connectivity index is 2.00. The maximum absolute atomic E-state index is 9.89. The largest absolute Gasteiger partial charge is 0.461 e. The lowest BCUT2D eigenvalue weighted by molar-refractivity contribution is 0.169. The second-order valence-electron chi connectivity index (χ2n) is 4.24. The van der Waals surface area contributed by atoms with Gasteiger partial charge in [0.2, 0.25) is 0 Å². The Kier molecular flexibility index (Phi) is 2.03. The summed E-state index contributed by atoms with van der Waals surface area (Å²) in [7, 11) is 0. The van der Waals surface area contributed by atoms with E-state index in [0.717, 1.165) is 42.8 Å². The van der Waals surface area contributed by atoms with Crippen LogP contribution < -0.4 is 4.74 Å². The zero-order valence-corrected chi connectivity index (χ0v) is 8.57. The van der Waals surface area contributed by atoms with Crippen molar-refractivity contribution >= 4 is 0 Å². The Morgan fingerprint density at radius 2 is 2.13 bits per heavy atom. The molecule has 2 nitrogen and oxygen atoms in total. The van der Waals surface area contributed by atoms with Gasteiger partial charge in [0, 0.05) is 18.4 Å². The maximum atomic E-state index is 9.89. The molecule has 15 heavy (non-hydrogen) atoms. The number of ether oxygens (including phenoxy) is 1. The number of para-hydroxylation sites is 1. The summed E-state index contributed by atoms with van der Waals surface area (Å²) >= 11 is 0. The summed E-state index contributed by atoms with van der Waals surface area (Å²) in [6.45, 7) is 0. The molecule has 1 atom stereocenters. The number of hydrogen-bond acceptors (Lipinski definition) is 2. The van der Waals surface area contributed by atoms with Gasteiger partial charge in [0.1, 0.15) is 11.5 Å². The molecule has 2 aliphatic rings. The van der Waals surface area contributed by atoms with Gasteiger partial charge in [0.05, 0.1) is 6.10 Å². The van der Waals surface area contributed by atoms with Crippen LogP contribution >= 0.6 is 0 Å². The Morgan fingerprint density at radius 3 is 3.07 bits per heavy atom. The molecular formula is C13H14O2. The molecule has 0 spiro atoms. The van der Waals surface area contributed by atoms with Crippen molar-refractivity contribution in [2.75, 3.05) is 0 Å². The molecule has 0 fully saturated rings. The summed E-state index contributed by atoms with van der Waals surface area (Å²) in [4.78, 5) is 0. The first-order valence-electron chi connectivity index (χ1n) is 5.50. The second-order valence-corrected chi connectivity index (χ2v) is 4.24. The van der Waals surface area contributed by atoms with E-state index in [2.05, 4.69) is 6.07 Å². The first kappa shape index (κ1) is 8.98. The fraction of sp³-hybridized carbons (Fsp3) is 0.385. The van der Waals surface area contributed by atoms with E-state index in [-0.39, 0.29) is 6.10 Å². The van der Waals surface area contributed by atoms with Crippen molar-refractivity contribution in [3.05, 3.63) is 41.2 Å². The highest BCUT2D eigenvalue weighted by Gasteiger charge is 2.27. The molecule has 0 radical (unpaired) electrons. The van der Waals surface area contributed by atoms with Crippen LogP contribution in [-0.2, 0) is 6.42 Å². The quantitative estimate of drug-likeness (QED) is 0.700. The predicted octanol–water partition coefficient (Wildman–Crippen LogP) is 2.42. The molecular weight excluding hydrogens is 188 g/mol. The van der Waals surface area contributed by atoms with Crippen LogP contribution in [0.5, 0.6) is 5.75 Å². The van der Waals surface area contributed by atoms with Crippen LogP contribution in [0, 0.1) is 0 Å². The zero-order valence-electron chi connectivity index (χ0n) is 8.57. The number of fused-ring (bicyclic) bond motifs is 1. The Hall–Kier alpha value is -1.28. The lowest BCUT2D eigenvalue weighted by atomic mass is 9.88. The number of benzene rings is 1. The van der Waals surface area contributed by atoms with Gasteiger partial charge in [-0.05, 0) is 24.5 Å². The number of aliphatic hydroxyl groups excluding tert-OH is 1. The van der Waals surface area contributed by atoms with E-state index in [1.54, 1.807) is 0 Å². The van der Waals surface area contributed by atoms with Gasteiger partial charge in [-0.25, -0.2) is 0 Å². The molecule has 1 aliphatic heterocycles. The molecule has 1 aliphatic carbocycles. The highest BCUT2D eigenvalue weighted by Crippen LogP contribution is 2.36. The molecule has 2 heteroatoms. The minimum absolute atomic E-state index is 0.290. The summed E-state index contributed by atoms with van der Waals surface area (Å²) in [5, 5.41) is 9.89. The van der Waals surface area contributed by atoms with Crippen molar-refractivity contribution < 1.29 is 9.84 Å². The number of hydrogen-bond donors (Lipinski definition) is 1. The van der Waals surface area contributed by atoms with E-state index >= 15 is 0 Å². The molecule has 3 rings (SSSR count). The third-order valence-electron chi connectivity index (χ3n) is 3.23. The van der Waals surface area contributed by atoms with E-state index in [1.807, 2.05) is 18.2 Å². The Labute approximate surface area is 89.2 Å². The molecule has 0 saturated heterocycles. The van der Waals surface area contributed by atoms with Gasteiger partial charge in [0.15, 0.2) is 0 Å². The minimum Gasteiger partial charge on any atom is -0.461 e. The number of rotatable bonds is 0. The van der Waals surface area contributed by atoms with Crippen LogP contribution in [0.15, 0.2) is 35.6 Å². The molecule has 1 aromatic rings. The first-order chi connectivity index (χ1) is 7.34. The normalized spacial score (nSPS) is 24.2. The molecule has 0 bridgehead atoms. The van der Waals surface area contributed by atoms with Crippen LogP contribution in [-0.4, -0.2) is 11.2 Å². The third kappa shape index (κ3) is 1.45. The molecule has 78 valence electrons. The third-order valence-corrected chi connectivity index (χ3v) is 3.23. The summed E-state index contributed by atoms with van der Waals surface area (Å²) in [6, 6.07) is 8.08. The Morgan fingerprint density at radius 1 is 1.27 bits per heavy atom. The van der Waals surface area contributed by atoms with Gasteiger partial charge in [-0.3, -0.25) is 0 Å². The van der Waals surface area contributed by atoms with E-state index in [9.17, 15) is 5.11 Å². The van der Waals surface area contributed by atoms with Gasteiger partial charge in [-0.15, -0.1) is 0 Å². The van der Waals surface area contributed by atoms with Crippen molar-refractivity contribution in [2.24, 2.45) is 0 Å². The Bertz CT molecular complexity index is 420. The van der Waals surface area contributed by atoms with Crippen LogP contribution in [0.2, 0.25) is 0 Å². The van der Waals surface area contributed by atoms with E-state index in [1.165, 1.54) is 5.56 Å². The van der Waals surface area contributed by atoms with Gasteiger partial charge in [-0.1, -0.05) is 18.2 Å². The zero-order chi connectivity index (χ0) is 10.3. The standard InChI is InChI=1S/C13H14O2/c14-11-5-3-7-13-10(11)8-9-4-1-2-6-12(9)15-13/h1-2,4,6,11,14H,3,5,7-8H2/t11-/m1/s1. The molecule has 0 aromatic heterocycles. The van der Waals surface area contributed by atoms with Crippen LogP contribution in [0.3, 0.4) is 0 Å². The van der Waals surface area contributed by atoms with E-state index < -0.39 is 0 Å². The van der Waals surface area contributed by atoms with Gasteiger partial charge in [0.25, 0.3) is 0 Å². The highest BCUT2D eigenvalue weighted by molar-refractivity contribution is 5.43. The predicted molar refractivity (Wildman–Crippen MR) is 57.7 cm³/mol. The van der Waals surface area contributed by atoms with Crippen LogP contribution in [0.4, 0.5) is 0 Å². The lowest BCUT2D eigenvalue weighted by Crippen LogP contribution is -2.24. The van der Waals surface area contributed by atoms with Crippen molar-refractivity contribution in [2.45, 2.75) is 31.8 Å². The van der Waals surface area contributed by atoms with Crippen LogP contribution in [0.25, 0.3) is 0 Å². The summed E-state index contributed by atoms with van der Waals surface area (Å²) in [5.74, 6) is 1.97. The fourth-order valence-corrected chi connectivity index (χ4v) is 2.40. The molecule has 0 saturated carbocycles. The average molecular weight is 202 g/mol. The summed E-state index contributed by atoms with van der Waals surface area (Å²) in [6.07, 6.45) is 3.45. The average Bonchev–Trinajstić information content (AvgIpc) is 2.27. The maximum Gasteiger partial charge on any atom is 0.130 e. The number of allylic oxidation sites excluding steroid dienone is 1. The van der Waals surface area contributed by atoms with Crippen molar-refractivity contribution in [1.29, 1.82) is 0 Å². The highest BCUT2D eigenvalue weighted by atomic mass is 16.5. The molecule has 1 N–H and O–H groups in total. The second kappa shape index (κ2) is 3.38. The number of aliphatic hydroxyl groups is 1. The minimum atomic E-state index is -0.290. The molecule has 1 heterocycles. The van der Waals surface area contributed by atoms with Gasteiger partial charge < -0.3 is 9.84 Å². The van der Waals surface area contributed by atoms with Crippen molar-refractivity contribution in [3.8, 4) is 5.75 Å². The summed E-state index contributed by atoms with van der Waals surface area (Å²) in [5.41, 5.74) is 2.29. The van der Waals surface area contributed by atoms with Crippen LogP contribution in [0.1, 0.15) is 24.8 Å². The fourth-order valence-electron chi connectivity index (χ4n) is 2.40. The molecule has 0 amide bonds. The van der Waals surface area contributed by atoms with Crippen molar-refractivity contribution in [1.82, 2.24) is 0 Å². The molecule has 0 unspecified atom stereocenters. The summed E-state index contributed by atoms with van der Waals surface area (Å²) < 4.78 is 5.83. The SMILES string of the molecule is O[C@@H]1CCCC2=C1Cc1ccccc1O2. The smallest absolute Gasteiger partial charge is 0.130 e. The van der Waals surface area contributed by atoms with Crippen molar-refractivity contribution in [3.63, 3.8) is 0 Å². The van der Waals surface area contributed by atoms with E-state index in [4.69, 9.17) is 4.74 Å². The first-order valence-corrected chi connectivity index (χ1v) is 5.50.